The van der Waals surface area contributed by atoms with E-state index in [1.807, 2.05) is 13.8 Å². The molecule has 3 rings (SSSR count). The van der Waals surface area contributed by atoms with Gasteiger partial charge < -0.3 is 13.8 Å². The van der Waals surface area contributed by atoms with Crippen molar-refractivity contribution in [3.05, 3.63) is 28.8 Å². The fraction of sp³-hybridized carbons (Fsp3) is 0.571. The van der Waals surface area contributed by atoms with E-state index in [-0.39, 0.29) is 11.8 Å². The third kappa shape index (κ3) is 2.68. The van der Waals surface area contributed by atoms with E-state index in [4.69, 9.17) is 8.94 Å². The van der Waals surface area contributed by atoms with Crippen LogP contribution in [-0.4, -0.2) is 39.8 Å². The number of aryl methyl sites for hydroxylation is 3. The van der Waals surface area contributed by atoms with Crippen molar-refractivity contribution in [1.82, 2.24) is 20.3 Å². The zero-order valence-electron chi connectivity index (χ0n) is 12.4. The fourth-order valence-corrected chi connectivity index (χ4v) is 2.65. The largest absolute Gasteiger partial charge is 0.425 e. The third-order valence-electron chi connectivity index (χ3n) is 3.94. The van der Waals surface area contributed by atoms with Crippen LogP contribution in [0.2, 0.25) is 0 Å². The van der Waals surface area contributed by atoms with Gasteiger partial charge in [-0.25, -0.2) is 0 Å². The standard InChI is InChI=1S/C14H18N4O3/c1-8-11(9(2)21-17-8)4-5-12-15-16-14(20-12)10-6-13(19)18(3)7-10/h10H,4-7H2,1-3H3. The Morgan fingerprint density at radius 3 is 2.71 bits per heavy atom. The minimum absolute atomic E-state index is 0.0165. The van der Waals surface area contributed by atoms with Crippen molar-refractivity contribution in [3.8, 4) is 0 Å². The van der Waals surface area contributed by atoms with Gasteiger partial charge in [-0.1, -0.05) is 5.16 Å². The Morgan fingerprint density at radius 1 is 1.29 bits per heavy atom. The highest BCUT2D eigenvalue weighted by molar-refractivity contribution is 5.79. The summed E-state index contributed by atoms with van der Waals surface area (Å²) in [7, 11) is 1.79. The van der Waals surface area contributed by atoms with Gasteiger partial charge in [-0.15, -0.1) is 10.2 Å². The maximum atomic E-state index is 11.5. The molecule has 21 heavy (non-hydrogen) atoms. The first kappa shape index (κ1) is 13.8. The molecule has 1 saturated heterocycles. The predicted octanol–water partition coefficient (Wildman–Crippen LogP) is 1.41. The van der Waals surface area contributed by atoms with Gasteiger partial charge in [0.25, 0.3) is 0 Å². The van der Waals surface area contributed by atoms with Crippen LogP contribution < -0.4 is 0 Å². The highest BCUT2D eigenvalue weighted by Crippen LogP contribution is 2.26. The number of hydrogen-bond acceptors (Lipinski definition) is 6. The Labute approximate surface area is 122 Å². The number of hydrogen-bond donors (Lipinski definition) is 0. The van der Waals surface area contributed by atoms with Gasteiger partial charge in [-0.3, -0.25) is 4.79 Å². The zero-order chi connectivity index (χ0) is 15.0. The lowest BCUT2D eigenvalue weighted by Crippen LogP contribution is -2.18. The Balaban J connectivity index is 1.65. The van der Waals surface area contributed by atoms with Crippen LogP contribution in [0.1, 0.15) is 41.1 Å². The molecule has 0 aromatic carbocycles. The molecule has 0 aliphatic carbocycles. The molecule has 0 spiro atoms. The van der Waals surface area contributed by atoms with Crippen molar-refractivity contribution in [2.24, 2.45) is 0 Å². The second kappa shape index (κ2) is 5.31. The summed E-state index contributed by atoms with van der Waals surface area (Å²) < 4.78 is 10.8. The van der Waals surface area contributed by atoms with E-state index in [9.17, 15) is 4.79 Å². The smallest absolute Gasteiger partial charge is 0.223 e. The molecule has 1 aliphatic rings. The molecule has 1 fully saturated rings. The first-order valence-electron chi connectivity index (χ1n) is 7.02. The second-order valence-corrected chi connectivity index (χ2v) is 5.51. The number of likely N-dealkylation sites (N-methyl/N-ethyl adjacent to an activating group) is 1. The van der Waals surface area contributed by atoms with Gasteiger partial charge in [-0.05, 0) is 20.3 Å². The van der Waals surface area contributed by atoms with Crippen LogP contribution in [0.4, 0.5) is 0 Å². The molecule has 1 unspecified atom stereocenters. The third-order valence-corrected chi connectivity index (χ3v) is 3.94. The lowest BCUT2D eigenvalue weighted by Gasteiger charge is -2.06. The average molecular weight is 290 g/mol. The quantitative estimate of drug-likeness (QED) is 0.846. The maximum absolute atomic E-state index is 11.5. The van der Waals surface area contributed by atoms with Crippen molar-refractivity contribution in [2.75, 3.05) is 13.6 Å². The van der Waals surface area contributed by atoms with E-state index in [1.54, 1.807) is 11.9 Å². The lowest BCUT2D eigenvalue weighted by atomic mass is 10.1. The van der Waals surface area contributed by atoms with E-state index in [0.29, 0.717) is 31.2 Å². The van der Waals surface area contributed by atoms with Gasteiger partial charge in [0.1, 0.15) is 5.76 Å². The van der Waals surface area contributed by atoms with Crippen molar-refractivity contribution in [2.45, 2.75) is 39.0 Å². The van der Waals surface area contributed by atoms with Crippen LogP contribution >= 0.6 is 0 Å². The van der Waals surface area contributed by atoms with E-state index >= 15 is 0 Å². The number of likely N-dealkylation sites (tertiary alicyclic amines) is 1. The molecular weight excluding hydrogens is 272 g/mol. The van der Waals surface area contributed by atoms with Gasteiger partial charge in [0.05, 0.1) is 11.6 Å². The topological polar surface area (TPSA) is 85.3 Å². The first-order valence-corrected chi connectivity index (χ1v) is 7.02. The molecule has 2 aromatic heterocycles. The van der Waals surface area contributed by atoms with Crippen LogP contribution in [0, 0.1) is 13.8 Å². The van der Waals surface area contributed by atoms with Crippen LogP contribution in [0.15, 0.2) is 8.94 Å². The molecule has 0 saturated carbocycles. The molecule has 0 N–H and O–H groups in total. The molecule has 0 bridgehead atoms. The maximum Gasteiger partial charge on any atom is 0.223 e. The lowest BCUT2D eigenvalue weighted by molar-refractivity contribution is -0.126. The average Bonchev–Trinajstić information content (AvgIpc) is 3.11. The summed E-state index contributed by atoms with van der Waals surface area (Å²) in [6, 6.07) is 0. The summed E-state index contributed by atoms with van der Waals surface area (Å²) in [5.41, 5.74) is 1.99. The van der Waals surface area contributed by atoms with Crippen molar-refractivity contribution >= 4 is 5.91 Å². The molecule has 1 aliphatic heterocycles. The van der Waals surface area contributed by atoms with Gasteiger partial charge in [0.15, 0.2) is 0 Å². The summed E-state index contributed by atoms with van der Waals surface area (Å²) in [5.74, 6) is 2.11. The molecule has 7 nitrogen and oxygen atoms in total. The van der Waals surface area contributed by atoms with E-state index in [2.05, 4.69) is 15.4 Å². The van der Waals surface area contributed by atoms with Gasteiger partial charge >= 0.3 is 0 Å². The summed E-state index contributed by atoms with van der Waals surface area (Å²) in [4.78, 5) is 13.2. The summed E-state index contributed by atoms with van der Waals surface area (Å²) in [5, 5.41) is 12.1. The number of carbonyl (C=O) groups excluding carboxylic acids is 1. The van der Waals surface area contributed by atoms with E-state index in [0.717, 1.165) is 23.4 Å². The minimum Gasteiger partial charge on any atom is -0.425 e. The number of aromatic nitrogens is 3. The molecule has 1 atom stereocenters. The molecule has 0 radical (unpaired) electrons. The van der Waals surface area contributed by atoms with Gasteiger partial charge in [0, 0.05) is 32.0 Å². The molecule has 3 heterocycles. The highest BCUT2D eigenvalue weighted by Gasteiger charge is 2.31. The van der Waals surface area contributed by atoms with Gasteiger partial charge in [-0.2, -0.15) is 0 Å². The monoisotopic (exact) mass is 290 g/mol. The highest BCUT2D eigenvalue weighted by atomic mass is 16.5. The van der Waals surface area contributed by atoms with Gasteiger partial charge in [0.2, 0.25) is 17.7 Å². The van der Waals surface area contributed by atoms with Crippen molar-refractivity contribution in [1.29, 1.82) is 0 Å². The second-order valence-electron chi connectivity index (χ2n) is 5.51. The van der Waals surface area contributed by atoms with Crippen molar-refractivity contribution < 1.29 is 13.7 Å². The van der Waals surface area contributed by atoms with Crippen LogP contribution in [0.25, 0.3) is 0 Å². The summed E-state index contributed by atoms with van der Waals surface area (Å²) in [6.07, 6.45) is 1.85. The number of amides is 1. The molecule has 2 aromatic rings. The van der Waals surface area contributed by atoms with Crippen molar-refractivity contribution in [3.63, 3.8) is 0 Å². The van der Waals surface area contributed by atoms with Crippen LogP contribution in [0.3, 0.4) is 0 Å². The summed E-state index contributed by atoms with van der Waals surface area (Å²) in [6.45, 7) is 4.46. The van der Waals surface area contributed by atoms with Crippen LogP contribution in [0.5, 0.6) is 0 Å². The summed E-state index contributed by atoms with van der Waals surface area (Å²) >= 11 is 0. The molecule has 112 valence electrons. The normalized spacial score (nSPS) is 18.7. The molecule has 1 amide bonds. The first-order chi connectivity index (χ1) is 10.0. The zero-order valence-corrected chi connectivity index (χ0v) is 12.4. The number of carbonyl (C=O) groups is 1. The molecular formula is C14H18N4O3. The minimum atomic E-state index is 0.0165. The van der Waals surface area contributed by atoms with E-state index < -0.39 is 0 Å². The molecule has 7 heteroatoms. The Hall–Kier alpha value is -2.18. The Kier molecular flexibility index (Phi) is 3.48. The fourth-order valence-electron chi connectivity index (χ4n) is 2.65. The van der Waals surface area contributed by atoms with Crippen LogP contribution in [-0.2, 0) is 17.6 Å². The SMILES string of the molecule is Cc1noc(C)c1CCc1nnc(C2CC(=O)N(C)C2)o1. The number of nitrogens with zero attached hydrogens (tertiary/aromatic N) is 4. The predicted molar refractivity (Wildman–Crippen MR) is 72.7 cm³/mol. The number of rotatable bonds is 4. The Bertz CT molecular complexity index is 641. The van der Waals surface area contributed by atoms with E-state index in [1.165, 1.54) is 0 Å². The Morgan fingerprint density at radius 2 is 2.10 bits per heavy atom.